The second-order valence-corrected chi connectivity index (χ2v) is 8.71. The predicted octanol–water partition coefficient (Wildman–Crippen LogP) is 5.44. The Kier molecular flexibility index (Phi) is 3.06. The summed E-state index contributed by atoms with van der Waals surface area (Å²) in [5.74, 6) is 3.87. The van der Waals surface area contributed by atoms with E-state index in [1.54, 1.807) is 0 Å². The van der Waals surface area contributed by atoms with E-state index in [4.69, 9.17) is 5.41 Å². The lowest BCUT2D eigenvalue weighted by atomic mass is 9.45. The van der Waals surface area contributed by atoms with Crippen LogP contribution in [0.15, 0.2) is 0 Å². The van der Waals surface area contributed by atoms with Crippen LogP contribution in [-0.2, 0) is 0 Å². The first-order chi connectivity index (χ1) is 9.70. The first kappa shape index (κ1) is 13.3. The number of rotatable bonds is 1. The van der Waals surface area contributed by atoms with Gasteiger partial charge >= 0.3 is 0 Å². The second-order valence-electron chi connectivity index (χ2n) is 8.71. The van der Waals surface area contributed by atoms with E-state index in [1.165, 1.54) is 70.6 Å². The fourth-order valence-electron chi connectivity index (χ4n) is 7.25. The van der Waals surface area contributed by atoms with Crippen LogP contribution in [-0.4, -0.2) is 6.21 Å². The molecule has 0 heterocycles. The van der Waals surface area contributed by atoms with Crippen molar-refractivity contribution in [3.8, 4) is 0 Å². The maximum absolute atomic E-state index is 8.03. The third-order valence-electron chi connectivity index (χ3n) is 8.28. The van der Waals surface area contributed by atoms with Crippen molar-refractivity contribution >= 4 is 6.21 Å². The molecule has 20 heavy (non-hydrogen) atoms. The molecule has 4 rings (SSSR count). The summed E-state index contributed by atoms with van der Waals surface area (Å²) in [4.78, 5) is 0. The normalized spacial score (nSPS) is 54.6. The van der Waals surface area contributed by atoms with Gasteiger partial charge in [-0.25, -0.2) is 0 Å². The van der Waals surface area contributed by atoms with Crippen molar-refractivity contribution in [3.05, 3.63) is 0 Å². The van der Waals surface area contributed by atoms with E-state index in [0.29, 0.717) is 10.8 Å². The van der Waals surface area contributed by atoms with Gasteiger partial charge in [0, 0.05) is 11.6 Å². The van der Waals surface area contributed by atoms with Crippen LogP contribution in [0.1, 0.15) is 77.6 Å². The van der Waals surface area contributed by atoms with Crippen molar-refractivity contribution in [1.29, 1.82) is 5.41 Å². The summed E-state index contributed by atoms with van der Waals surface area (Å²) in [5, 5.41) is 8.03. The van der Waals surface area contributed by atoms with Gasteiger partial charge in [0.15, 0.2) is 0 Å². The third kappa shape index (κ3) is 1.64. The van der Waals surface area contributed by atoms with E-state index in [2.05, 4.69) is 6.92 Å². The summed E-state index contributed by atoms with van der Waals surface area (Å²) in [6.07, 6.45) is 17.8. The number of fused-ring (bicyclic) bond motifs is 5. The lowest BCUT2D eigenvalue weighted by molar-refractivity contribution is -0.0922. The molecule has 4 fully saturated rings. The molecule has 4 saturated carbocycles. The number of hydrogen-bond acceptors (Lipinski definition) is 1. The Labute approximate surface area is 124 Å². The zero-order valence-corrected chi connectivity index (χ0v) is 13.2. The summed E-state index contributed by atoms with van der Waals surface area (Å²) >= 11 is 0. The van der Waals surface area contributed by atoms with Gasteiger partial charge in [-0.3, -0.25) is 0 Å². The molecule has 1 heteroatoms. The topological polar surface area (TPSA) is 23.9 Å². The van der Waals surface area contributed by atoms with E-state index in [9.17, 15) is 0 Å². The van der Waals surface area contributed by atoms with Crippen LogP contribution in [0.4, 0.5) is 0 Å². The Morgan fingerprint density at radius 2 is 1.75 bits per heavy atom. The second kappa shape index (κ2) is 4.58. The molecule has 1 nitrogen and oxygen atoms in total. The maximum Gasteiger partial charge on any atom is 0.00806 e. The van der Waals surface area contributed by atoms with E-state index in [-0.39, 0.29) is 0 Å². The zero-order valence-electron chi connectivity index (χ0n) is 13.2. The van der Waals surface area contributed by atoms with Crippen molar-refractivity contribution < 1.29 is 0 Å². The van der Waals surface area contributed by atoms with Crippen LogP contribution in [0.2, 0.25) is 0 Å². The van der Waals surface area contributed by atoms with Crippen molar-refractivity contribution in [2.45, 2.75) is 77.6 Å². The van der Waals surface area contributed by atoms with E-state index < -0.39 is 0 Å². The maximum atomic E-state index is 8.03. The van der Waals surface area contributed by atoms with Crippen molar-refractivity contribution in [2.75, 3.05) is 0 Å². The Morgan fingerprint density at radius 3 is 2.60 bits per heavy atom. The minimum Gasteiger partial charge on any atom is -0.313 e. The monoisotopic (exact) mass is 273 g/mol. The molecule has 4 aliphatic rings. The SMILES string of the molecule is C[C@]12CCCC[C@@H]1CC[C@H]1[C@@H]3CCC[C@@]3(C=N)CC[C@@H]12. The molecule has 0 saturated heterocycles. The highest BCUT2D eigenvalue weighted by Gasteiger charge is 2.57. The molecule has 0 aliphatic heterocycles. The highest BCUT2D eigenvalue weighted by atomic mass is 14.6. The average Bonchev–Trinajstić information content (AvgIpc) is 2.91. The lowest BCUT2D eigenvalue weighted by Crippen LogP contribution is -2.52. The molecular weight excluding hydrogens is 242 g/mol. The molecule has 0 radical (unpaired) electrons. The molecule has 0 amide bonds. The third-order valence-corrected chi connectivity index (χ3v) is 8.28. The Morgan fingerprint density at radius 1 is 0.850 bits per heavy atom. The first-order valence-electron chi connectivity index (χ1n) is 9.21. The fraction of sp³-hybridized carbons (Fsp3) is 0.947. The molecule has 0 unspecified atom stereocenters. The van der Waals surface area contributed by atoms with Gasteiger partial charge in [-0.1, -0.05) is 26.2 Å². The molecule has 0 spiro atoms. The molecular formula is C19H31N. The van der Waals surface area contributed by atoms with Gasteiger partial charge in [-0.2, -0.15) is 0 Å². The van der Waals surface area contributed by atoms with Crippen LogP contribution in [0.3, 0.4) is 0 Å². The van der Waals surface area contributed by atoms with Gasteiger partial charge in [-0.15, -0.1) is 0 Å². The van der Waals surface area contributed by atoms with Crippen molar-refractivity contribution in [2.24, 2.45) is 34.5 Å². The summed E-state index contributed by atoms with van der Waals surface area (Å²) in [6.45, 7) is 2.65. The Balaban J connectivity index is 1.65. The molecule has 112 valence electrons. The summed E-state index contributed by atoms with van der Waals surface area (Å²) in [5.41, 5.74) is 0.997. The zero-order chi connectivity index (χ0) is 13.8. The predicted molar refractivity (Wildman–Crippen MR) is 84.1 cm³/mol. The first-order valence-corrected chi connectivity index (χ1v) is 9.21. The van der Waals surface area contributed by atoms with Crippen LogP contribution < -0.4 is 0 Å². The van der Waals surface area contributed by atoms with Gasteiger partial charge in [0.2, 0.25) is 0 Å². The van der Waals surface area contributed by atoms with Gasteiger partial charge in [0.25, 0.3) is 0 Å². The fourth-order valence-corrected chi connectivity index (χ4v) is 7.25. The summed E-state index contributed by atoms with van der Waals surface area (Å²) in [6, 6.07) is 0. The van der Waals surface area contributed by atoms with Gasteiger partial charge in [0.05, 0.1) is 0 Å². The quantitative estimate of drug-likeness (QED) is 0.615. The molecule has 1 N–H and O–H groups in total. The average molecular weight is 273 g/mol. The van der Waals surface area contributed by atoms with Crippen molar-refractivity contribution in [1.82, 2.24) is 0 Å². The summed E-state index contributed by atoms with van der Waals surface area (Å²) < 4.78 is 0. The largest absolute Gasteiger partial charge is 0.313 e. The molecule has 6 atom stereocenters. The lowest BCUT2D eigenvalue weighted by Gasteiger charge is -2.59. The number of hydrogen-bond donors (Lipinski definition) is 1. The van der Waals surface area contributed by atoms with Crippen LogP contribution in [0.5, 0.6) is 0 Å². The van der Waals surface area contributed by atoms with Gasteiger partial charge in [-0.05, 0) is 80.5 Å². The van der Waals surface area contributed by atoms with Crippen LogP contribution in [0, 0.1) is 39.9 Å². The van der Waals surface area contributed by atoms with Crippen LogP contribution in [0.25, 0.3) is 0 Å². The Hall–Kier alpha value is -0.330. The number of nitrogens with one attached hydrogen (secondary N) is 1. The molecule has 0 bridgehead atoms. The van der Waals surface area contributed by atoms with Gasteiger partial charge in [0.1, 0.15) is 0 Å². The van der Waals surface area contributed by atoms with Crippen molar-refractivity contribution in [3.63, 3.8) is 0 Å². The van der Waals surface area contributed by atoms with E-state index in [0.717, 1.165) is 23.7 Å². The minimum absolute atomic E-state index is 0.332. The highest BCUT2D eigenvalue weighted by Crippen LogP contribution is 2.65. The molecule has 0 aromatic carbocycles. The molecule has 0 aromatic heterocycles. The smallest absolute Gasteiger partial charge is 0.00806 e. The molecule has 4 aliphatic carbocycles. The Bertz CT molecular complexity index is 403. The van der Waals surface area contributed by atoms with E-state index >= 15 is 0 Å². The van der Waals surface area contributed by atoms with E-state index in [1.807, 2.05) is 6.21 Å². The highest BCUT2D eigenvalue weighted by molar-refractivity contribution is 5.64. The standard InChI is InChI=1S/C19H31N/c1-18-10-3-2-5-14(18)7-8-15-16(18)9-12-19(13-20)11-4-6-17(15)19/h13-17,20H,2-12H2,1H3/t14-,15-,16+,17+,18+,19+/m1/s1. The minimum atomic E-state index is 0.332. The van der Waals surface area contributed by atoms with Crippen LogP contribution >= 0.6 is 0 Å². The summed E-state index contributed by atoms with van der Waals surface area (Å²) in [7, 11) is 0. The molecule has 0 aromatic rings. The van der Waals surface area contributed by atoms with Gasteiger partial charge < -0.3 is 5.41 Å².